The van der Waals surface area contributed by atoms with Crippen molar-refractivity contribution in [2.75, 3.05) is 6.54 Å². The second kappa shape index (κ2) is 5.21. The molecule has 0 saturated heterocycles. The molecule has 3 nitrogen and oxygen atoms in total. The van der Waals surface area contributed by atoms with Gasteiger partial charge in [-0.3, -0.25) is 0 Å². The van der Waals surface area contributed by atoms with E-state index >= 15 is 0 Å². The van der Waals surface area contributed by atoms with Crippen LogP contribution < -0.4 is 4.72 Å². The summed E-state index contributed by atoms with van der Waals surface area (Å²) in [5, 5.41) is 0.489. The van der Waals surface area contributed by atoms with Gasteiger partial charge in [-0.2, -0.15) is 12.6 Å². The van der Waals surface area contributed by atoms with E-state index in [2.05, 4.69) is 17.4 Å². The van der Waals surface area contributed by atoms with Crippen LogP contribution in [-0.2, 0) is 10.0 Å². The highest BCUT2D eigenvalue weighted by molar-refractivity contribution is 7.89. The predicted molar refractivity (Wildman–Crippen MR) is 65.1 cm³/mol. The van der Waals surface area contributed by atoms with E-state index in [9.17, 15) is 8.42 Å². The van der Waals surface area contributed by atoms with E-state index in [0.717, 1.165) is 0 Å². The van der Waals surface area contributed by atoms with E-state index in [1.54, 1.807) is 12.1 Å². The van der Waals surface area contributed by atoms with Crippen molar-refractivity contribution in [1.82, 2.24) is 4.72 Å². The van der Waals surface area contributed by atoms with Crippen molar-refractivity contribution in [2.45, 2.75) is 17.1 Å². The summed E-state index contributed by atoms with van der Waals surface area (Å²) < 4.78 is 25.8. The molecule has 15 heavy (non-hydrogen) atoms. The lowest BCUT2D eigenvalue weighted by molar-refractivity contribution is 0.581. The van der Waals surface area contributed by atoms with Gasteiger partial charge in [-0.25, -0.2) is 13.1 Å². The van der Waals surface area contributed by atoms with Crippen LogP contribution in [0.4, 0.5) is 0 Å². The van der Waals surface area contributed by atoms with E-state index in [1.807, 2.05) is 6.92 Å². The fourth-order valence-corrected chi connectivity index (χ4v) is 2.40. The predicted octanol–water partition coefficient (Wildman–Crippen LogP) is 1.94. The Morgan fingerprint density at radius 1 is 1.40 bits per heavy atom. The SMILES string of the molecule is CC(S)CNS(=O)(=O)c1ccc(Cl)cc1. The van der Waals surface area contributed by atoms with Crippen LogP contribution in [0.3, 0.4) is 0 Å². The van der Waals surface area contributed by atoms with Gasteiger partial charge in [0.15, 0.2) is 0 Å². The van der Waals surface area contributed by atoms with Crippen LogP contribution in [0.15, 0.2) is 29.2 Å². The number of benzene rings is 1. The van der Waals surface area contributed by atoms with Crippen LogP contribution in [0.1, 0.15) is 6.92 Å². The first kappa shape index (κ1) is 12.8. The number of hydrogen-bond acceptors (Lipinski definition) is 3. The maximum Gasteiger partial charge on any atom is 0.240 e. The Hall–Kier alpha value is -0.230. The molecule has 84 valence electrons. The number of rotatable bonds is 4. The normalized spacial score (nSPS) is 13.8. The molecular formula is C9H12ClNO2S2. The highest BCUT2D eigenvalue weighted by Crippen LogP contribution is 2.13. The molecule has 0 saturated carbocycles. The van der Waals surface area contributed by atoms with E-state index in [0.29, 0.717) is 11.6 Å². The Balaban J connectivity index is 2.82. The first-order valence-corrected chi connectivity index (χ1v) is 6.73. The zero-order valence-corrected chi connectivity index (χ0v) is 10.6. The Bertz CT molecular complexity index is 414. The van der Waals surface area contributed by atoms with Crippen molar-refractivity contribution in [3.05, 3.63) is 29.3 Å². The molecule has 0 aliphatic carbocycles. The van der Waals surface area contributed by atoms with Gasteiger partial charge < -0.3 is 0 Å². The fraction of sp³-hybridized carbons (Fsp3) is 0.333. The summed E-state index contributed by atoms with van der Waals surface area (Å²) in [6.45, 7) is 2.11. The summed E-state index contributed by atoms with van der Waals surface area (Å²) in [5.41, 5.74) is 0. The molecule has 0 spiro atoms. The average molecular weight is 266 g/mol. The average Bonchev–Trinajstić information content (AvgIpc) is 2.16. The minimum absolute atomic E-state index is 0.0212. The number of halogens is 1. The Morgan fingerprint density at radius 2 is 1.93 bits per heavy atom. The molecule has 0 aromatic heterocycles. The molecule has 1 unspecified atom stereocenters. The summed E-state index contributed by atoms with van der Waals surface area (Å²) in [5.74, 6) is 0. The van der Waals surface area contributed by atoms with Crippen LogP contribution in [0.25, 0.3) is 0 Å². The van der Waals surface area contributed by atoms with Gasteiger partial charge in [0.2, 0.25) is 10.0 Å². The van der Waals surface area contributed by atoms with Crippen molar-refractivity contribution >= 4 is 34.3 Å². The molecule has 0 radical (unpaired) electrons. The third-order valence-electron chi connectivity index (χ3n) is 1.69. The zero-order chi connectivity index (χ0) is 11.5. The van der Waals surface area contributed by atoms with Gasteiger partial charge in [0, 0.05) is 16.8 Å². The second-order valence-electron chi connectivity index (χ2n) is 3.15. The second-order valence-corrected chi connectivity index (χ2v) is 6.24. The van der Waals surface area contributed by atoms with Gasteiger partial charge in [-0.1, -0.05) is 18.5 Å². The summed E-state index contributed by atoms with van der Waals surface area (Å²) in [7, 11) is -3.43. The van der Waals surface area contributed by atoms with Crippen LogP contribution in [0.2, 0.25) is 5.02 Å². The smallest absolute Gasteiger partial charge is 0.210 e. The maximum atomic E-state index is 11.7. The summed E-state index contributed by atoms with van der Waals surface area (Å²) in [4.78, 5) is 0.209. The third-order valence-corrected chi connectivity index (χ3v) is 3.57. The first-order valence-electron chi connectivity index (χ1n) is 4.35. The van der Waals surface area contributed by atoms with Gasteiger partial charge in [0.25, 0.3) is 0 Å². The van der Waals surface area contributed by atoms with Gasteiger partial charge in [0.1, 0.15) is 0 Å². The molecule has 0 bridgehead atoms. The minimum atomic E-state index is -3.43. The quantitative estimate of drug-likeness (QED) is 0.818. The van der Waals surface area contributed by atoms with E-state index in [4.69, 9.17) is 11.6 Å². The van der Waals surface area contributed by atoms with E-state index in [-0.39, 0.29) is 10.1 Å². The summed E-state index contributed by atoms with van der Waals surface area (Å²) in [6, 6.07) is 6.02. The summed E-state index contributed by atoms with van der Waals surface area (Å²) >= 11 is 9.75. The van der Waals surface area contributed by atoms with Crippen LogP contribution >= 0.6 is 24.2 Å². The number of hydrogen-bond donors (Lipinski definition) is 2. The van der Waals surface area contributed by atoms with Gasteiger partial charge in [-0.05, 0) is 24.3 Å². The number of nitrogens with one attached hydrogen (secondary N) is 1. The molecule has 0 fully saturated rings. The van der Waals surface area contributed by atoms with Crippen molar-refractivity contribution in [3.63, 3.8) is 0 Å². The highest BCUT2D eigenvalue weighted by atomic mass is 35.5. The van der Waals surface area contributed by atoms with Gasteiger partial charge in [0.05, 0.1) is 4.90 Å². The lowest BCUT2D eigenvalue weighted by Crippen LogP contribution is -2.28. The molecule has 0 amide bonds. The summed E-state index contributed by atoms with van der Waals surface area (Å²) in [6.07, 6.45) is 0. The number of thiol groups is 1. The topological polar surface area (TPSA) is 46.2 Å². The molecule has 1 N–H and O–H groups in total. The Morgan fingerprint density at radius 3 is 2.40 bits per heavy atom. The van der Waals surface area contributed by atoms with Crippen molar-refractivity contribution in [2.24, 2.45) is 0 Å². The van der Waals surface area contributed by atoms with Crippen LogP contribution in [0, 0.1) is 0 Å². The Kier molecular flexibility index (Phi) is 4.45. The highest BCUT2D eigenvalue weighted by Gasteiger charge is 2.13. The molecule has 1 aromatic rings. The lowest BCUT2D eigenvalue weighted by atomic mass is 10.4. The van der Waals surface area contributed by atoms with Gasteiger partial charge >= 0.3 is 0 Å². The van der Waals surface area contributed by atoms with Crippen molar-refractivity contribution in [1.29, 1.82) is 0 Å². The molecule has 1 atom stereocenters. The van der Waals surface area contributed by atoms with Crippen LogP contribution in [0.5, 0.6) is 0 Å². The lowest BCUT2D eigenvalue weighted by Gasteiger charge is -2.08. The molecule has 0 aliphatic rings. The largest absolute Gasteiger partial charge is 0.240 e. The molecule has 0 aliphatic heterocycles. The minimum Gasteiger partial charge on any atom is -0.210 e. The standard InChI is InChI=1S/C9H12ClNO2S2/c1-7(14)6-11-15(12,13)9-4-2-8(10)3-5-9/h2-5,7,11,14H,6H2,1H3. The molecule has 1 aromatic carbocycles. The first-order chi connectivity index (χ1) is 6.92. The Labute approximate surface area is 100 Å². The fourth-order valence-electron chi connectivity index (χ4n) is 0.927. The third kappa shape index (κ3) is 4.03. The van der Waals surface area contributed by atoms with Gasteiger partial charge in [-0.15, -0.1) is 0 Å². The molecule has 1 rings (SSSR count). The van der Waals surface area contributed by atoms with Crippen molar-refractivity contribution < 1.29 is 8.42 Å². The monoisotopic (exact) mass is 265 g/mol. The maximum absolute atomic E-state index is 11.7. The van der Waals surface area contributed by atoms with Crippen molar-refractivity contribution in [3.8, 4) is 0 Å². The van der Waals surface area contributed by atoms with E-state index in [1.165, 1.54) is 12.1 Å². The number of sulfonamides is 1. The molecular weight excluding hydrogens is 254 g/mol. The zero-order valence-electron chi connectivity index (χ0n) is 8.14. The van der Waals surface area contributed by atoms with E-state index < -0.39 is 10.0 Å². The van der Waals surface area contributed by atoms with Crippen LogP contribution in [-0.4, -0.2) is 20.2 Å². The molecule has 6 heteroatoms. The molecule has 0 heterocycles.